The average molecular weight is 454 g/mol. The van der Waals surface area contributed by atoms with Gasteiger partial charge in [0.05, 0.1) is 23.5 Å². The van der Waals surface area contributed by atoms with E-state index in [4.69, 9.17) is 15.2 Å². The second-order valence-electron chi connectivity index (χ2n) is 8.96. The molecule has 1 amide bonds. The van der Waals surface area contributed by atoms with Gasteiger partial charge in [0.15, 0.2) is 0 Å². The molecule has 2 fully saturated rings. The van der Waals surface area contributed by atoms with Crippen molar-refractivity contribution >= 4 is 27.8 Å². The monoisotopic (exact) mass is 453 g/mol. The molecule has 2 aliphatic rings. The molecule has 3 N–H and O–H groups in total. The fourth-order valence-electron chi connectivity index (χ4n) is 3.73. The maximum atomic E-state index is 13.1. The molecular formula is C21H31N3O6S. The molecule has 1 saturated heterocycles. The normalized spacial score (nSPS) is 21.7. The van der Waals surface area contributed by atoms with Crippen LogP contribution in [0.4, 0.5) is 10.5 Å². The molecule has 2 atom stereocenters. The lowest BCUT2D eigenvalue weighted by molar-refractivity contribution is -0.148. The highest BCUT2D eigenvalue weighted by Gasteiger charge is 2.46. The van der Waals surface area contributed by atoms with Gasteiger partial charge in [-0.1, -0.05) is 0 Å². The molecule has 1 saturated carbocycles. The topological polar surface area (TPSA) is 128 Å². The molecule has 0 radical (unpaired) electrons. The zero-order chi connectivity index (χ0) is 23.0. The van der Waals surface area contributed by atoms with Crippen LogP contribution in [0.2, 0.25) is 0 Å². The highest BCUT2D eigenvalue weighted by molar-refractivity contribution is 7.89. The molecule has 3 rings (SSSR count). The number of nitrogens with one attached hydrogen (secondary N) is 1. The molecule has 0 aromatic heterocycles. The van der Waals surface area contributed by atoms with Crippen LogP contribution in [-0.2, 0) is 24.3 Å². The number of carbonyl (C=O) groups excluding carboxylic acids is 2. The van der Waals surface area contributed by atoms with Crippen molar-refractivity contribution < 1.29 is 27.5 Å². The Labute approximate surface area is 183 Å². The Morgan fingerprint density at radius 3 is 2.48 bits per heavy atom. The summed E-state index contributed by atoms with van der Waals surface area (Å²) in [6.07, 6.45) is 1.27. The van der Waals surface area contributed by atoms with Gasteiger partial charge in [-0.3, -0.25) is 4.79 Å². The quantitative estimate of drug-likeness (QED) is 0.500. The first-order valence-electron chi connectivity index (χ1n) is 10.5. The van der Waals surface area contributed by atoms with Gasteiger partial charge in [0.25, 0.3) is 0 Å². The first-order valence-corrected chi connectivity index (χ1v) is 12.0. The fraction of sp³-hybridized carbons (Fsp3) is 0.619. The van der Waals surface area contributed by atoms with Crippen LogP contribution in [0, 0.1) is 5.92 Å². The van der Waals surface area contributed by atoms with Gasteiger partial charge in [-0.2, -0.15) is 0 Å². The summed E-state index contributed by atoms with van der Waals surface area (Å²) in [4.78, 5) is 27.1. The lowest BCUT2D eigenvalue weighted by atomic mass is 9.93. The number of sulfonamides is 1. The Morgan fingerprint density at radius 1 is 1.23 bits per heavy atom. The molecule has 1 aromatic carbocycles. The van der Waals surface area contributed by atoms with Gasteiger partial charge >= 0.3 is 12.1 Å². The van der Waals surface area contributed by atoms with Crippen molar-refractivity contribution in [1.82, 2.24) is 9.62 Å². The summed E-state index contributed by atoms with van der Waals surface area (Å²) >= 11 is 0. The highest BCUT2D eigenvalue weighted by atomic mass is 32.2. The van der Waals surface area contributed by atoms with E-state index in [1.165, 1.54) is 23.1 Å². The van der Waals surface area contributed by atoms with E-state index in [-0.39, 0.29) is 29.7 Å². The predicted molar refractivity (Wildman–Crippen MR) is 115 cm³/mol. The summed E-state index contributed by atoms with van der Waals surface area (Å²) in [7, 11) is -3.86. The van der Waals surface area contributed by atoms with Gasteiger partial charge in [-0.25, -0.2) is 17.9 Å². The minimum Gasteiger partial charge on any atom is -0.466 e. The number of carbonyl (C=O) groups is 2. The van der Waals surface area contributed by atoms with Gasteiger partial charge in [0.1, 0.15) is 5.60 Å². The number of nitrogens with two attached hydrogens (primary N) is 1. The van der Waals surface area contributed by atoms with Crippen LogP contribution in [0.5, 0.6) is 0 Å². The van der Waals surface area contributed by atoms with Crippen molar-refractivity contribution in [2.75, 3.05) is 18.9 Å². The molecule has 1 heterocycles. The van der Waals surface area contributed by atoms with E-state index in [0.29, 0.717) is 12.1 Å². The number of ether oxygens (including phenoxy) is 2. The molecule has 31 heavy (non-hydrogen) atoms. The lowest BCUT2D eigenvalue weighted by Crippen LogP contribution is -2.39. The standard InChI is InChI=1S/C21H31N3O6S/c1-5-29-19(25)15-10-11-24(20(26)30-21(2,3)4)18(15)16-12-13(22)6-9-17(16)31(27,28)23-14-7-8-14/h6,9,12,14-15,18,23H,5,7-8,10-11,22H2,1-4H3. The van der Waals surface area contributed by atoms with Gasteiger partial charge in [0, 0.05) is 18.3 Å². The largest absolute Gasteiger partial charge is 0.466 e. The minimum absolute atomic E-state index is 0.00311. The number of amides is 1. The molecular weight excluding hydrogens is 422 g/mol. The maximum Gasteiger partial charge on any atom is 0.410 e. The van der Waals surface area contributed by atoms with Crippen molar-refractivity contribution in [2.45, 2.75) is 69.5 Å². The number of nitrogens with zero attached hydrogens (tertiary/aromatic N) is 1. The predicted octanol–water partition coefficient (Wildman–Crippen LogP) is 2.57. The van der Waals surface area contributed by atoms with E-state index < -0.39 is 39.6 Å². The number of likely N-dealkylation sites (tertiary alicyclic amines) is 1. The molecule has 2 unspecified atom stereocenters. The smallest absolute Gasteiger partial charge is 0.410 e. The van der Waals surface area contributed by atoms with E-state index in [1.807, 2.05) is 0 Å². The van der Waals surface area contributed by atoms with Crippen molar-refractivity contribution in [3.05, 3.63) is 23.8 Å². The van der Waals surface area contributed by atoms with Crippen LogP contribution < -0.4 is 10.5 Å². The Hall–Kier alpha value is -2.33. The maximum absolute atomic E-state index is 13.1. The lowest BCUT2D eigenvalue weighted by Gasteiger charge is -2.31. The first-order chi connectivity index (χ1) is 14.4. The van der Waals surface area contributed by atoms with Crippen molar-refractivity contribution in [3.8, 4) is 0 Å². The number of nitrogen functional groups attached to an aromatic ring is 1. The number of hydrogen-bond acceptors (Lipinski definition) is 7. The van der Waals surface area contributed by atoms with Crippen molar-refractivity contribution in [1.29, 1.82) is 0 Å². The van der Waals surface area contributed by atoms with Crippen LogP contribution >= 0.6 is 0 Å². The van der Waals surface area contributed by atoms with Crippen molar-refractivity contribution in [2.24, 2.45) is 5.92 Å². The number of esters is 1. The van der Waals surface area contributed by atoms with E-state index in [2.05, 4.69) is 4.72 Å². The van der Waals surface area contributed by atoms with Crippen LogP contribution in [0.25, 0.3) is 0 Å². The first kappa shape index (κ1) is 23.3. The second-order valence-corrected chi connectivity index (χ2v) is 10.6. The molecule has 1 aromatic rings. The Bertz CT molecular complexity index is 952. The summed E-state index contributed by atoms with van der Waals surface area (Å²) in [5, 5.41) is 0. The third kappa shape index (κ3) is 5.48. The molecule has 1 aliphatic carbocycles. The number of hydrogen-bond donors (Lipinski definition) is 2. The summed E-state index contributed by atoms with van der Waals surface area (Å²) < 4.78 is 39.6. The van der Waals surface area contributed by atoms with Gasteiger partial charge in [0.2, 0.25) is 10.0 Å². The van der Waals surface area contributed by atoms with E-state index in [0.717, 1.165) is 12.8 Å². The van der Waals surface area contributed by atoms with Crippen LogP contribution in [0.3, 0.4) is 0 Å². The summed E-state index contributed by atoms with van der Waals surface area (Å²) in [5.74, 6) is -1.22. The Morgan fingerprint density at radius 2 is 1.90 bits per heavy atom. The number of benzene rings is 1. The molecule has 9 nitrogen and oxygen atoms in total. The molecule has 10 heteroatoms. The van der Waals surface area contributed by atoms with Gasteiger partial charge in [-0.05, 0) is 70.7 Å². The molecule has 1 aliphatic heterocycles. The highest BCUT2D eigenvalue weighted by Crippen LogP contribution is 2.42. The number of rotatable bonds is 6. The zero-order valence-electron chi connectivity index (χ0n) is 18.4. The SMILES string of the molecule is CCOC(=O)C1CCN(C(=O)OC(C)(C)C)C1c1cc(N)ccc1S(=O)(=O)NC1CC1. The Kier molecular flexibility index (Phi) is 6.52. The minimum atomic E-state index is -3.86. The van der Waals surface area contributed by atoms with E-state index in [9.17, 15) is 18.0 Å². The van der Waals surface area contributed by atoms with Gasteiger partial charge in [-0.15, -0.1) is 0 Å². The zero-order valence-corrected chi connectivity index (χ0v) is 19.2. The third-order valence-corrected chi connectivity index (χ3v) is 6.75. The van der Waals surface area contributed by atoms with E-state index in [1.54, 1.807) is 27.7 Å². The fourth-order valence-corrected chi connectivity index (χ4v) is 5.26. The van der Waals surface area contributed by atoms with Crippen LogP contribution in [0.15, 0.2) is 23.1 Å². The van der Waals surface area contributed by atoms with Crippen LogP contribution in [-0.4, -0.2) is 50.2 Å². The summed E-state index contributed by atoms with van der Waals surface area (Å²) in [6.45, 7) is 7.34. The summed E-state index contributed by atoms with van der Waals surface area (Å²) in [5.41, 5.74) is 5.86. The molecule has 172 valence electrons. The molecule has 0 spiro atoms. The average Bonchev–Trinajstić information content (AvgIpc) is 3.32. The summed E-state index contributed by atoms with van der Waals surface area (Å²) in [6, 6.07) is 3.46. The Balaban J connectivity index is 2.07. The molecule has 0 bridgehead atoms. The third-order valence-electron chi connectivity index (χ3n) is 5.16. The van der Waals surface area contributed by atoms with Gasteiger partial charge < -0.3 is 20.1 Å². The number of anilines is 1. The van der Waals surface area contributed by atoms with Crippen LogP contribution in [0.1, 0.15) is 58.6 Å². The van der Waals surface area contributed by atoms with Crippen molar-refractivity contribution in [3.63, 3.8) is 0 Å². The van der Waals surface area contributed by atoms with E-state index >= 15 is 0 Å². The second kappa shape index (κ2) is 8.66.